The van der Waals surface area contributed by atoms with E-state index in [1.807, 2.05) is 20.0 Å². The van der Waals surface area contributed by atoms with E-state index < -0.39 is 0 Å². The van der Waals surface area contributed by atoms with Crippen molar-refractivity contribution < 1.29 is 0 Å². The normalized spacial score (nSPS) is 16.3. The molecule has 0 amide bonds. The highest BCUT2D eigenvalue weighted by atomic mass is 15.2. The molecular weight excluding hydrogens is 224 g/mol. The molecule has 0 radical (unpaired) electrons. The van der Waals surface area contributed by atoms with Crippen LogP contribution in [0.5, 0.6) is 0 Å². The summed E-state index contributed by atoms with van der Waals surface area (Å²) in [6.45, 7) is 8.29. The van der Waals surface area contributed by atoms with Crippen molar-refractivity contribution in [1.29, 1.82) is 5.26 Å². The molecule has 0 saturated carbocycles. The molecule has 1 aliphatic rings. The third-order valence-electron chi connectivity index (χ3n) is 3.65. The monoisotopic (exact) mass is 246 g/mol. The first-order valence-corrected chi connectivity index (χ1v) is 6.74. The summed E-state index contributed by atoms with van der Waals surface area (Å²) in [7, 11) is 0. The van der Waals surface area contributed by atoms with E-state index in [4.69, 9.17) is 5.26 Å². The number of imidazole rings is 1. The van der Waals surface area contributed by atoms with Crippen molar-refractivity contribution in [2.24, 2.45) is 5.41 Å². The Morgan fingerprint density at radius 1 is 1.39 bits per heavy atom. The number of aromatic nitrogens is 2. The molecule has 2 heterocycles. The van der Waals surface area contributed by atoms with E-state index in [2.05, 4.69) is 26.7 Å². The maximum Gasteiger partial charge on any atom is 0.122 e. The second-order valence-electron chi connectivity index (χ2n) is 5.77. The van der Waals surface area contributed by atoms with Gasteiger partial charge in [-0.15, -0.1) is 0 Å². The molecule has 0 unspecified atom stereocenters. The molecule has 0 bridgehead atoms. The predicted octanol–water partition coefficient (Wildman–Crippen LogP) is 2.42. The van der Waals surface area contributed by atoms with Gasteiger partial charge >= 0.3 is 0 Å². The van der Waals surface area contributed by atoms with Gasteiger partial charge in [0.2, 0.25) is 0 Å². The van der Waals surface area contributed by atoms with Crippen LogP contribution in [0.1, 0.15) is 38.9 Å². The van der Waals surface area contributed by atoms with Crippen LogP contribution in [0.3, 0.4) is 0 Å². The highest BCUT2D eigenvalue weighted by Crippen LogP contribution is 2.22. The second-order valence-corrected chi connectivity index (χ2v) is 5.77. The Hall–Kier alpha value is -1.34. The fourth-order valence-corrected chi connectivity index (χ4v) is 2.37. The van der Waals surface area contributed by atoms with Gasteiger partial charge in [0.15, 0.2) is 0 Å². The zero-order valence-corrected chi connectivity index (χ0v) is 11.4. The van der Waals surface area contributed by atoms with Crippen molar-refractivity contribution >= 4 is 0 Å². The first kappa shape index (κ1) is 13.1. The van der Waals surface area contributed by atoms with Crippen LogP contribution in [-0.4, -0.2) is 27.5 Å². The van der Waals surface area contributed by atoms with Crippen molar-refractivity contribution in [1.82, 2.24) is 14.5 Å². The van der Waals surface area contributed by atoms with E-state index >= 15 is 0 Å². The Kier molecular flexibility index (Phi) is 4.03. The maximum absolute atomic E-state index is 8.96. The molecule has 0 atom stereocenters. The van der Waals surface area contributed by atoms with Gasteiger partial charge in [-0.1, -0.05) is 6.42 Å². The Bertz CT molecular complexity index is 427. The van der Waals surface area contributed by atoms with Crippen LogP contribution in [0, 0.1) is 16.7 Å². The van der Waals surface area contributed by atoms with Gasteiger partial charge < -0.3 is 4.57 Å². The van der Waals surface area contributed by atoms with Crippen LogP contribution in [0.25, 0.3) is 0 Å². The largest absolute Gasteiger partial charge is 0.333 e. The molecule has 0 fully saturated rings. The number of rotatable bonds is 5. The molecule has 0 saturated heterocycles. The minimum atomic E-state index is -0.168. The standard InChI is InChI=1S/C14H22N4/c1-14(2,12-15)5-3-4-7-17-9-10-18-8-6-16-13(18)11-17/h6,8H,3-5,7,9-11H2,1-2H3. The van der Waals surface area contributed by atoms with Gasteiger partial charge in [0.1, 0.15) is 5.82 Å². The van der Waals surface area contributed by atoms with E-state index in [9.17, 15) is 0 Å². The molecule has 0 spiro atoms. The quantitative estimate of drug-likeness (QED) is 0.749. The molecule has 1 aromatic rings. The minimum Gasteiger partial charge on any atom is -0.333 e. The minimum absolute atomic E-state index is 0.168. The van der Waals surface area contributed by atoms with E-state index in [-0.39, 0.29) is 5.41 Å². The molecule has 4 heteroatoms. The predicted molar refractivity (Wildman–Crippen MR) is 70.7 cm³/mol. The van der Waals surface area contributed by atoms with Gasteiger partial charge in [-0.25, -0.2) is 4.98 Å². The molecular formula is C14H22N4. The zero-order valence-electron chi connectivity index (χ0n) is 11.4. The molecule has 0 N–H and O–H groups in total. The van der Waals surface area contributed by atoms with Gasteiger partial charge in [-0.05, 0) is 33.2 Å². The molecule has 1 aliphatic heterocycles. The van der Waals surface area contributed by atoms with Crippen LogP contribution in [-0.2, 0) is 13.1 Å². The number of unbranched alkanes of at least 4 members (excludes halogenated alkanes) is 1. The summed E-state index contributed by atoms with van der Waals surface area (Å²) in [4.78, 5) is 6.83. The highest BCUT2D eigenvalue weighted by molar-refractivity contribution is 4.95. The molecule has 0 aromatic carbocycles. The van der Waals surface area contributed by atoms with E-state index in [1.54, 1.807) is 0 Å². The lowest BCUT2D eigenvalue weighted by atomic mass is 9.89. The number of fused-ring (bicyclic) bond motifs is 1. The van der Waals surface area contributed by atoms with Crippen LogP contribution in [0.2, 0.25) is 0 Å². The van der Waals surface area contributed by atoms with Gasteiger partial charge in [-0.3, -0.25) is 4.90 Å². The van der Waals surface area contributed by atoms with Crippen LogP contribution < -0.4 is 0 Å². The third-order valence-corrected chi connectivity index (χ3v) is 3.65. The number of hydrogen-bond acceptors (Lipinski definition) is 3. The van der Waals surface area contributed by atoms with Crippen molar-refractivity contribution in [2.45, 2.75) is 46.2 Å². The average Bonchev–Trinajstić information content (AvgIpc) is 2.82. The number of nitriles is 1. The SMILES string of the molecule is CC(C)(C#N)CCCCN1CCn2ccnc2C1. The smallest absolute Gasteiger partial charge is 0.122 e. The first-order valence-electron chi connectivity index (χ1n) is 6.74. The van der Waals surface area contributed by atoms with Gasteiger partial charge in [0.25, 0.3) is 0 Å². The van der Waals surface area contributed by atoms with Crippen LogP contribution in [0.15, 0.2) is 12.4 Å². The van der Waals surface area contributed by atoms with Crippen LogP contribution >= 0.6 is 0 Å². The highest BCUT2D eigenvalue weighted by Gasteiger charge is 2.18. The summed E-state index contributed by atoms with van der Waals surface area (Å²) in [5.74, 6) is 1.18. The lowest BCUT2D eigenvalue weighted by Gasteiger charge is -2.27. The fourth-order valence-electron chi connectivity index (χ4n) is 2.37. The van der Waals surface area contributed by atoms with Gasteiger partial charge in [0, 0.05) is 25.5 Å². The maximum atomic E-state index is 8.96. The number of hydrogen-bond donors (Lipinski definition) is 0. The lowest BCUT2D eigenvalue weighted by molar-refractivity contribution is 0.210. The molecule has 1 aromatic heterocycles. The van der Waals surface area contributed by atoms with Gasteiger partial charge in [-0.2, -0.15) is 5.26 Å². The van der Waals surface area contributed by atoms with E-state index in [1.165, 1.54) is 12.2 Å². The molecule has 0 aliphatic carbocycles. The van der Waals surface area contributed by atoms with Crippen LogP contribution in [0.4, 0.5) is 0 Å². The van der Waals surface area contributed by atoms with Crippen molar-refractivity contribution in [2.75, 3.05) is 13.1 Å². The van der Waals surface area contributed by atoms with Crippen molar-refractivity contribution in [3.63, 3.8) is 0 Å². The van der Waals surface area contributed by atoms with E-state index in [0.29, 0.717) is 0 Å². The second kappa shape index (κ2) is 5.53. The topological polar surface area (TPSA) is 44.9 Å². The summed E-state index contributed by atoms with van der Waals surface area (Å²) in [6.07, 6.45) is 7.24. The molecule has 4 nitrogen and oxygen atoms in total. The zero-order chi connectivity index (χ0) is 13.0. The molecule has 18 heavy (non-hydrogen) atoms. The summed E-state index contributed by atoms with van der Waals surface area (Å²) in [6, 6.07) is 2.36. The molecule has 98 valence electrons. The Balaban J connectivity index is 1.69. The third kappa shape index (κ3) is 3.33. The molecule has 2 rings (SSSR count). The fraction of sp³-hybridized carbons (Fsp3) is 0.714. The summed E-state index contributed by atoms with van der Waals surface area (Å²) in [5, 5.41) is 8.96. The summed E-state index contributed by atoms with van der Waals surface area (Å²) >= 11 is 0. The van der Waals surface area contributed by atoms with Gasteiger partial charge in [0.05, 0.1) is 18.0 Å². The summed E-state index contributed by atoms with van der Waals surface area (Å²) < 4.78 is 2.23. The Morgan fingerprint density at radius 2 is 2.22 bits per heavy atom. The lowest BCUT2D eigenvalue weighted by Crippen LogP contribution is -2.34. The Labute approximate surface area is 109 Å². The average molecular weight is 246 g/mol. The van der Waals surface area contributed by atoms with E-state index in [0.717, 1.165) is 39.0 Å². The summed E-state index contributed by atoms with van der Waals surface area (Å²) in [5.41, 5.74) is -0.168. The first-order chi connectivity index (χ1) is 8.61. The Morgan fingerprint density at radius 3 is 3.00 bits per heavy atom. The van der Waals surface area contributed by atoms with Crippen molar-refractivity contribution in [3.8, 4) is 6.07 Å². The number of nitrogens with zero attached hydrogens (tertiary/aromatic N) is 4. The van der Waals surface area contributed by atoms with Crippen molar-refractivity contribution in [3.05, 3.63) is 18.2 Å².